The van der Waals surface area contributed by atoms with Crippen molar-refractivity contribution in [3.63, 3.8) is 0 Å². The van der Waals surface area contributed by atoms with Crippen LogP contribution in [0.25, 0.3) is 11.0 Å². The van der Waals surface area contributed by atoms with Crippen molar-refractivity contribution in [3.05, 3.63) is 42.2 Å². The summed E-state index contributed by atoms with van der Waals surface area (Å²) < 4.78 is 10.2. The molecule has 3 aromatic rings. The molecular weight excluding hydrogens is 340 g/mol. The third kappa shape index (κ3) is 3.61. The first kappa shape index (κ1) is 18.1. The van der Waals surface area contributed by atoms with Crippen molar-refractivity contribution < 1.29 is 4.74 Å². The van der Waals surface area contributed by atoms with Crippen molar-refractivity contribution in [2.75, 3.05) is 6.61 Å². The number of hydrogen-bond acceptors (Lipinski definition) is 5. The molecule has 1 N–H and O–H groups in total. The van der Waals surface area contributed by atoms with Gasteiger partial charge >= 0.3 is 0 Å². The number of rotatable bonds is 6. The molecule has 0 amide bonds. The smallest absolute Gasteiger partial charge is 0.157 e. The highest BCUT2D eigenvalue weighted by atomic mass is 16.5. The van der Waals surface area contributed by atoms with Crippen molar-refractivity contribution >= 4 is 11.0 Å². The number of ether oxygens (including phenoxy) is 1. The highest BCUT2D eigenvalue weighted by Crippen LogP contribution is 2.28. The Morgan fingerprint density at radius 3 is 3.00 bits per heavy atom. The average Bonchev–Trinajstić information content (AvgIpc) is 3.32. The van der Waals surface area contributed by atoms with E-state index in [0.29, 0.717) is 6.04 Å². The summed E-state index contributed by atoms with van der Waals surface area (Å²) >= 11 is 0. The summed E-state index contributed by atoms with van der Waals surface area (Å²) in [6.07, 6.45) is 9.88. The first-order valence-corrected chi connectivity index (χ1v) is 9.85. The SMILES string of the molecule is CCn1ccnc1[C@H]1OCCC[C@@H]1NCc1cnc2c(cnn2C(C)C)c1. The van der Waals surface area contributed by atoms with Crippen LogP contribution in [0.2, 0.25) is 0 Å². The topological polar surface area (TPSA) is 69.8 Å². The summed E-state index contributed by atoms with van der Waals surface area (Å²) in [7, 11) is 0. The molecule has 27 heavy (non-hydrogen) atoms. The zero-order chi connectivity index (χ0) is 18.8. The van der Waals surface area contributed by atoms with Crippen LogP contribution in [0, 0.1) is 0 Å². The third-order valence-electron chi connectivity index (χ3n) is 5.21. The summed E-state index contributed by atoms with van der Waals surface area (Å²) in [5.74, 6) is 1.02. The Bertz CT molecular complexity index is 899. The van der Waals surface area contributed by atoms with Crippen LogP contribution < -0.4 is 5.32 Å². The Morgan fingerprint density at radius 1 is 1.30 bits per heavy atom. The van der Waals surface area contributed by atoms with Gasteiger partial charge in [0.05, 0.1) is 6.20 Å². The molecule has 144 valence electrons. The Labute approximate surface area is 159 Å². The van der Waals surface area contributed by atoms with Crippen LogP contribution in [0.15, 0.2) is 30.9 Å². The first-order valence-electron chi connectivity index (χ1n) is 9.85. The average molecular weight is 368 g/mol. The largest absolute Gasteiger partial charge is 0.369 e. The second-order valence-corrected chi connectivity index (χ2v) is 7.43. The van der Waals surface area contributed by atoms with Gasteiger partial charge in [0.2, 0.25) is 0 Å². The molecule has 0 spiro atoms. The molecule has 1 saturated heterocycles. The molecular formula is C20H28N6O. The fourth-order valence-corrected chi connectivity index (χ4v) is 3.80. The maximum Gasteiger partial charge on any atom is 0.157 e. The number of fused-ring (bicyclic) bond motifs is 1. The van der Waals surface area contributed by atoms with E-state index in [4.69, 9.17) is 4.74 Å². The minimum atomic E-state index is -0.00548. The van der Waals surface area contributed by atoms with Crippen LogP contribution in [-0.2, 0) is 17.8 Å². The second-order valence-electron chi connectivity index (χ2n) is 7.43. The van der Waals surface area contributed by atoms with Gasteiger partial charge in [0.1, 0.15) is 11.9 Å². The molecule has 4 heterocycles. The van der Waals surface area contributed by atoms with E-state index >= 15 is 0 Å². The van der Waals surface area contributed by atoms with Crippen molar-refractivity contribution in [2.45, 2.75) is 64.9 Å². The van der Waals surface area contributed by atoms with E-state index in [2.05, 4.69) is 51.8 Å². The number of aromatic nitrogens is 5. The highest BCUT2D eigenvalue weighted by molar-refractivity contribution is 5.75. The predicted molar refractivity (Wildman–Crippen MR) is 104 cm³/mol. The minimum Gasteiger partial charge on any atom is -0.369 e. The predicted octanol–water partition coefficient (Wildman–Crippen LogP) is 3.24. The maximum absolute atomic E-state index is 6.09. The van der Waals surface area contributed by atoms with Gasteiger partial charge in [-0.3, -0.25) is 0 Å². The zero-order valence-electron chi connectivity index (χ0n) is 16.3. The van der Waals surface area contributed by atoms with Crippen LogP contribution in [0.1, 0.15) is 57.1 Å². The molecule has 1 aliphatic heterocycles. The zero-order valence-corrected chi connectivity index (χ0v) is 16.3. The van der Waals surface area contributed by atoms with E-state index in [0.717, 1.165) is 55.0 Å². The lowest BCUT2D eigenvalue weighted by molar-refractivity contribution is -0.0182. The number of pyridine rings is 1. The lowest BCUT2D eigenvalue weighted by Crippen LogP contribution is -2.40. The van der Waals surface area contributed by atoms with E-state index in [1.807, 2.05) is 29.5 Å². The Balaban J connectivity index is 1.49. The number of aryl methyl sites for hydroxylation is 1. The van der Waals surface area contributed by atoms with Crippen molar-refractivity contribution in [3.8, 4) is 0 Å². The van der Waals surface area contributed by atoms with E-state index in [-0.39, 0.29) is 12.1 Å². The molecule has 0 unspecified atom stereocenters. The van der Waals surface area contributed by atoms with Crippen molar-refractivity contribution in [2.24, 2.45) is 0 Å². The van der Waals surface area contributed by atoms with Crippen LogP contribution >= 0.6 is 0 Å². The molecule has 0 saturated carbocycles. The van der Waals surface area contributed by atoms with Crippen LogP contribution in [-0.4, -0.2) is 37.0 Å². The summed E-state index contributed by atoms with van der Waals surface area (Å²) in [6.45, 7) is 8.82. The molecule has 4 rings (SSSR count). The van der Waals surface area contributed by atoms with Gasteiger partial charge in [-0.25, -0.2) is 14.6 Å². The van der Waals surface area contributed by atoms with Gasteiger partial charge in [0, 0.05) is 55.8 Å². The van der Waals surface area contributed by atoms with Gasteiger partial charge < -0.3 is 14.6 Å². The van der Waals surface area contributed by atoms with Gasteiger partial charge in [0.15, 0.2) is 5.65 Å². The summed E-state index contributed by atoms with van der Waals surface area (Å²) in [5.41, 5.74) is 2.10. The Morgan fingerprint density at radius 2 is 2.19 bits per heavy atom. The third-order valence-corrected chi connectivity index (χ3v) is 5.21. The standard InChI is InChI=1S/C20H28N6O/c1-4-25-8-7-21-20(25)18-17(6-5-9-27-18)22-11-15-10-16-13-24-26(14(2)3)19(16)23-12-15/h7-8,10,12-14,17-18,22H,4-6,9,11H2,1-3H3/t17-,18-/m0/s1. The monoisotopic (exact) mass is 368 g/mol. The lowest BCUT2D eigenvalue weighted by Gasteiger charge is -2.32. The van der Waals surface area contributed by atoms with Crippen molar-refractivity contribution in [1.82, 2.24) is 29.6 Å². The molecule has 7 nitrogen and oxygen atoms in total. The normalized spacial score (nSPS) is 20.6. The molecule has 0 aromatic carbocycles. The molecule has 3 aromatic heterocycles. The quantitative estimate of drug-likeness (QED) is 0.723. The molecule has 7 heteroatoms. The minimum absolute atomic E-state index is 0.00548. The number of imidazole rings is 1. The van der Waals surface area contributed by atoms with Crippen LogP contribution in [0.4, 0.5) is 0 Å². The molecule has 0 aliphatic carbocycles. The van der Waals surface area contributed by atoms with E-state index in [1.54, 1.807) is 0 Å². The fraction of sp³-hybridized carbons (Fsp3) is 0.550. The second kappa shape index (κ2) is 7.78. The Hall–Kier alpha value is -2.25. The summed E-state index contributed by atoms with van der Waals surface area (Å²) in [4.78, 5) is 9.19. The maximum atomic E-state index is 6.09. The number of hydrogen-bond donors (Lipinski definition) is 1. The fourth-order valence-electron chi connectivity index (χ4n) is 3.80. The lowest BCUT2D eigenvalue weighted by atomic mass is 10.0. The molecule has 0 bridgehead atoms. The summed E-state index contributed by atoms with van der Waals surface area (Å²) in [5, 5.41) is 9.21. The highest BCUT2D eigenvalue weighted by Gasteiger charge is 2.30. The van der Waals surface area contributed by atoms with Gasteiger partial charge in [0.25, 0.3) is 0 Å². The van der Waals surface area contributed by atoms with E-state index < -0.39 is 0 Å². The number of nitrogens with one attached hydrogen (secondary N) is 1. The molecule has 1 fully saturated rings. The van der Waals surface area contributed by atoms with Gasteiger partial charge in [-0.1, -0.05) is 0 Å². The van der Waals surface area contributed by atoms with Gasteiger partial charge in [-0.2, -0.15) is 5.10 Å². The van der Waals surface area contributed by atoms with E-state index in [1.165, 1.54) is 0 Å². The van der Waals surface area contributed by atoms with Crippen LogP contribution in [0.5, 0.6) is 0 Å². The Kier molecular flexibility index (Phi) is 5.22. The van der Waals surface area contributed by atoms with Gasteiger partial charge in [-0.15, -0.1) is 0 Å². The molecule has 1 aliphatic rings. The van der Waals surface area contributed by atoms with Gasteiger partial charge in [-0.05, 0) is 45.2 Å². The summed E-state index contributed by atoms with van der Waals surface area (Å²) in [6, 6.07) is 2.73. The molecule has 0 radical (unpaired) electrons. The number of nitrogens with zero attached hydrogens (tertiary/aromatic N) is 5. The van der Waals surface area contributed by atoms with Crippen molar-refractivity contribution in [1.29, 1.82) is 0 Å². The molecule has 2 atom stereocenters. The first-order chi connectivity index (χ1) is 13.2. The van der Waals surface area contributed by atoms with E-state index in [9.17, 15) is 0 Å². The van der Waals surface area contributed by atoms with Crippen LogP contribution in [0.3, 0.4) is 0 Å².